The van der Waals surface area contributed by atoms with Gasteiger partial charge in [-0.1, -0.05) is 19.3 Å². The first-order chi connectivity index (χ1) is 12.2. The van der Waals surface area contributed by atoms with E-state index >= 15 is 0 Å². The number of halogens is 1. The van der Waals surface area contributed by atoms with Gasteiger partial charge in [0.05, 0.1) is 5.69 Å². The van der Waals surface area contributed by atoms with Crippen LogP contribution in [0.25, 0.3) is 0 Å². The molecule has 5 heteroatoms. The summed E-state index contributed by atoms with van der Waals surface area (Å²) in [4.78, 5) is 19.5. The summed E-state index contributed by atoms with van der Waals surface area (Å²) in [5.74, 6) is 0.141. The van der Waals surface area contributed by atoms with Crippen molar-refractivity contribution < 1.29 is 9.18 Å². The van der Waals surface area contributed by atoms with Gasteiger partial charge in [0.2, 0.25) is 12.4 Å². The van der Waals surface area contributed by atoms with Gasteiger partial charge in [-0.2, -0.15) is 4.39 Å². The molecule has 3 rings (SSSR count). The molecule has 25 heavy (non-hydrogen) atoms. The molecule has 2 heterocycles. The molecule has 4 nitrogen and oxygen atoms in total. The lowest BCUT2D eigenvalue weighted by Crippen LogP contribution is -2.40. The molecule has 1 unspecified atom stereocenters. The van der Waals surface area contributed by atoms with Gasteiger partial charge in [-0.05, 0) is 56.6 Å². The van der Waals surface area contributed by atoms with E-state index in [1.165, 1.54) is 19.3 Å². The highest BCUT2D eigenvalue weighted by atomic mass is 19.1. The number of carbonyl (C=O) groups excluding carboxylic acids is 1. The maximum absolute atomic E-state index is 14.1. The topological polar surface area (TPSA) is 36.4 Å². The molecule has 1 saturated carbocycles. The van der Waals surface area contributed by atoms with Crippen LogP contribution >= 0.6 is 0 Å². The van der Waals surface area contributed by atoms with Crippen LogP contribution in [0.4, 0.5) is 10.1 Å². The monoisotopic (exact) mass is 347 g/mol. The number of aryl methyl sites for hydroxylation is 1. The lowest BCUT2D eigenvalue weighted by atomic mass is 9.92. The molecule has 1 aliphatic heterocycles. The first-order valence-corrected chi connectivity index (χ1v) is 9.75. The van der Waals surface area contributed by atoms with Crippen LogP contribution in [0.15, 0.2) is 12.3 Å². The summed E-state index contributed by atoms with van der Waals surface area (Å²) in [6.07, 6.45) is 11.9. The van der Waals surface area contributed by atoms with E-state index in [0.717, 1.165) is 63.7 Å². The Morgan fingerprint density at radius 2 is 2.08 bits per heavy atom. The van der Waals surface area contributed by atoms with E-state index in [0.29, 0.717) is 17.6 Å². The van der Waals surface area contributed by atoms with E-state index in [-0.39, 0.29) is 5.95 Å². The Hall–Kier alpha value is -1.65. The molecule has 0 spiro atoms. The lowest BCUT2D eigenvalue weighted by Gasteiger charge is -2.36. The summed E-state index contributed by atoms with van der Waals surface area (Å²) in [7, 11) is 0. The number of amides is 1. The Kier molecular flexibility index (Phi) is 6.27. The van der Waals surface area contributed by atoms with Crippen molar-refractivity contribution in [2.75, 3.05) is 24.5 Å². The Labute approximate surface area is 150 Å². The maximum atomic E-state index is 14.1. The number of hydrogen-bond donors (Lipinski definition) is 0. The van der Waals surface area contributed by atoms with E-state index in [1.807, 2.05) is 17.9 Å². The van der Waals surface area contributed by atoms with E-state index in [9.17, 15) is 9.18 Å². The van der Waals surface area contributed by atoms with Crippen LogP contribution in [0.1, 0.15) is 56.9 Å². The zero-order valence-corrected chi connectivity index (χ0v) is 15.3. The minimum Gasteiger partial charge on any atom is -0.368 e. The first kappa shape index (κ1) is 18.2. The van der Waals surface area contributed by atoms with Gasteiger partial charge in [0, 0.05) is 31.9 Å². The Balaban J connectivity index is 1.56. The van der Waals surface area contributed by atoms with Gasteiger partial charge in [-0.15, -0.1) is 0 Å². The zero-order valence-electron chi connectivity index (χ0n) is 15.3. The van der Waals surface area contributed by atoms with Gasteiger partial charge in [0.15, 0.2) is 0 Å². The van der Waals surface area contributed by atoms with Gasteiger partial charge in [0.25, 0.3) is 0 Å². The minimum absolute atomic E-state index is 0.372. The standard InChI is InChI=1S/C20H30FN3O/c1-16-12-19(20(21)22-13-16)23-10-5-6-17(14-23)9-11-24(15-25)18-7-3-2-4-8-18/h12-13,15,17-18H,2-11,14H2,1H3. The predicted octanol–water partition coefficient (Wildman–Crippen LogP) is 3.93. The molecule has 0 bridgehead atoms. The largest absolute Gasteiger partial charge is 0.368 e. The zero-order chi connectivity index (χ0) is 17.6. The first-order valence-electron chi connectivity index (χ1n) is 9.75. The summed E-state index contributed by atoms with van der Waals surface area (Å²) in [5, 5.41) is 0. The fraction of sp³-hybridized carbons (Fsp3) is 0.700. The molecule has 1 saturated heterocycles. The predicted molar refractivity (Wildman–Crippen MR) is 98.1 cm³/mol. The summed E-state index contributed by atoms with van der Waals surface area (Å²) in [5.41, 5.74) is 1.62. The van der Waals surface area contributed by atoms with Gasteiger partial charge >= 0.3 is 0 Å². The molecule has 138 valence electrons. The van der Waals surface area contributed by atoms with E-state index in [4.69, 9.17) is 0 Å². The molecule has 0 aromatic carbocycles. The summed E-state index contributed by atoms with van der Waals surface area (Å²) in [6, 6.07) is 2.33. The van der Waals surface area contributed by atoms with Gasteiger partial charge in [-0.3, -0.25) is 4.79 Å². The molecule has 1 atom stereocenters. The second-order valence-electron chi connectivity index (χ2n) is 7.70. The van der Waals surface area contributed by atoms with Crippen LogP contribution in [-0.4, -0.2) is 42.0 Å². The molecule has 0 radical (unpaired) electrons. The number of carbonyl (C=O) groups is 1. The number of pyridine rings is 1. The quantitative estimate of drug-likeness (QED) is 0.578. The van der Waals surface area contributed by atoms with E-state index < -0.39 is 0 Å². The van der Waals surface area contributed by atoms with Gasteiger partial charge in [0.1, 0.15) is 0 Å². The lowest BCUT2D eigenvalue weighted by molar-refractivity contribution is -0.121. The van der Waals surface area contributed by atoms with Crippen molar-refractivity contribution in [3.05, 3.63) is 23.8 Å². The SMILES string of the molecule is Cc1cnc(F)c(N2CCCC(CCN(C=O)C3CCCCC3)C2)c1. The number of aromatic nitrogens is 1. The highest BCUT2D eigenvalue weighted by Gasteiger charge is 2.25. The summed E-state index contributed by atoms with van der Waals surface area (Å²) < 4.78 is 14.1. The number of hydrogen-bond acceptors (Lipinski definition) is 3. The van der Waals surface area contributed by atoms with Crippen molar-refractivity contribution in [2.45, 2.75) is 64.3 Å². The highest BCUT2D eigenvalue weighted by Crippen LogP contribution is 2.28. The molecule has 2 fully saturated rings. The second kappa shape index (κ2) is 8.63. The van der Waals surface area contributed by atoms with Crippen LogP contribution < -0.4 is 4.90 Å². The third kappa shape index (κ3) is 4.71. The van der Waals surface area contributed by atoms with Gasteiger partial charge in [-0.25, -0.2) is 4.98 Å². The number of anilines is 1. The van der Waals surface area contributed by atoms with E-state index in [2.05, 4.69) is 9.88 Å². The number of piperidine rings is 1. The highest BCUT2D eigenvalue weighted by molar-refractivity contribution is 5.48. The van der Waals surface area contributed by atoms with Crippen molar-refractivity contribution >= 4 is 12.1 Å². The van der Waals surface area contributed by atoms with Crippen molar-refractivity contribution in [2.24, 2.45) is 5.92 Å². The molecule has 0 N–H and O–H groups in total. The third-order valence-corrected chi connectivity index (χ3v) is 5.79. The fourth-order valence-corrected chi connectivity index (χ4v) is 4.34. The maximum Gasteiger partial charge on any atom is 0.236 e. The molecule has 1 aliphatic carbocycles. The van der Waals surface area contributed by atoms with E-state index in [1.54, 1.807) is 6.20 Å². The average molecular weight is 347 g/mol. The minimum atomic E-state index is -0.372. The van der Waals surface area contributed by atoms with Crippen molar-refractivity contribution in [3.63, 3.8) is 0 Å². The summed E-state index contributed by atoms with van der Waals surface area (Å²) in [6.45, 7) is 4.53. The van der Waals surface area contributed by atoms with Crippen LogP contribution in [0.2, 0.25) is 0 Å². The molecule has 1 aromatic rings. The molecule has 1 aromatic heterocycles. The fourth-order valence-electron chi connectivity index (χ4n) is 4.34. The van der Waals surface area contributed by atoms with Crippen molar-refractivity contribution in [3.8, 4) is 0 Å². The number of nitrogens with zero attached hydrogens (tertiary/aromatic N) is 3. The van der Waals surface area contributed by atoms with Crippen molar-refractivity contribution in [1.29, 1.82) is 0 Å². The normalized spacial score (nSPS) is 22.0. The van der Waals surface area contributed by atoms with Crippen LogP contribution in [0.5, 0.6) is 0 Å². The summed E-state index contributed by atoms with van der Waals surface area (Å²) >= 11 is 0. The third-order valence-electron chi connectivity index (χ3n) is 5.79. The smallest absolute Gasteiger partial charge is 0.236 e. The molecular formula is C20H30FN3O. The molecule has 1 amide bonds. The number of rotatable bonds is 6. The van der Waals surface area contributed by atoms with Crippen molar-refractivity contribution in [1.82, 2.24) is 9.88 Å². The van der Waals surface area contributed by atoms with Gasteiger partial charge < -0.3 is 9.80 Å². The van der Waals surface area contributed by atoms with Crippen LogP contribution in [-0.2, 0) is 4.79 Å². The Morgan fingerprint density at radius 1 is 1.28 bits per heavy atom. The average Bonchev–Trinajstić information content (AvgIpc) is 2.65. The van der Waals surface area contributed by atoms with Crippen LogP contribution in [0, 0.1) is 18.8 Å². The molecule has 2 aliphatic rings. The molecular weight excluding hydrogens is 317 g/mol. The van der Waals surface area contributed by atoms with Crippen LogP contribution in [0.3, 0.4) is 0 Å². The Morgan fingerprint density at radius 3 is 2.84 bits per heavy atom. The Bertz CT molecular complexity index is 574. The second-order valence-corrected chi connectivity index (χ2v) is 7.70.